The summed E-state index contributed by atoms with van der Waals surface area (Å²) in [6, 6.07) is 0. The number of hydrogen-bond acceptors (Lipinski definition) is 8. The average Bonchev–Trinajstić information content (AvgIpc) is 3.06. The fraction of sp³-hybridized carbons (Fsp3) is 1.00. The highest BCUT2D eigenvalue weighted by Crippen LogP contribution is 2.69. The fourth-order valence-electron chi connectivity index (χ4n) is 9.21. The van der Waals surface area contributed by atoms with Crippen molar-refractivity contribution in [2.24, 2.45) is 34.5 Å². The van der Waals surface area contributed by atoms with Crippen LogP contribution in [0.3, 0.4) is 0 Å². The predicted molar refractivity (Wildman–Crippen MR) is 126 cm³/mol. The number of hydrogen-bond donors (Lipinski definition) is 4. The third kappa shape index (κ3) is 3.87. The Hall–Kier alpha value is -0.840. The van der Waals surface area contributed by atoms with Gasteiger partial charge in [-0.2, -0.15) is 0 Å². The molecular weight excluding hydrogens is 454 g/mol. The van der Waals surface area contributed by atoms with Crippen LogP contribution < -0.4 is 0 Å². The molecule has 4 N–H and O–H groups in total. The first kappa shape index (κ1) is 25.8. The van der Waals surface area contributed by atoms with Crippen molar-refractivity contribution in [1.29, 1.82) is 0 Å². The van der Waals surface area contributed by atoms with E-state index in [-0.39, 0.29) is 40.2 Å². The summed E-state index contributed by atoms with van der Waals surface area (Å²) in [5.41, 5.74) is -1.14. The van der Waals surface area contributed by atoms with Crippen LogP contribution in [0.15, 0.2) is 0 Å². The average molecular weight is 498 g/mol. The number of rotatable bonds is 4. The molecule has 200 valence electrons. The van der Waals surface area contributed by atoms with Crippen molar-refractivity contribution < 1.29 is 34.8 Å². The predicted octanol–water partition coefficient (Wildman–Crippen LogP) is 2.25. The molecule has 35 heavy (non-hydrogen) atoms. The molecule has 1 aliphatic heterocycles. The van der Waals surface area contributed by atoms with E-state index >= 15 is 0 Å². The summed E-state index contributed by atoms with van der Waals surface area (Å²) < 4.78 is 11.8. The number of nitrogens with zero attached hydrogens (tertiary/aromatic N) is 1. The highest BCUT2D eigenvalue weighted by molar-refractivity contribution is 5.16. The number of fused-ring (bicyclic) bond motifs is 5. The number of ether oxygens (including phenoxy) is 2. The van der Waals surface area contributed by atoms with Gasteiger partial charge in [-0.15, -0.1) is 0 Å². The fourth-order valence-corrected chi connectivity index (χ4v) is 9.21. The Morgan fingerprint density at radius 2 is 1.71 bits per heavy atom. The van der Waals surface area contributed by atoms with Crippen LogP contribution in [0.1, 0.15) is 78.6 Å². The van der Waals surface area contributed by atoms with Crippen LogP contribution in [0, 0.1) is 44.6 Å². The quantitative estimate of drug-likeness (QED) is 0.263. The molecule has 5 fully saturated rings. The SMILES string of the molecule is CC1O[C@@H](O[C@H]2CC[C@]3(C)C4CC[C@]5(C)[C@@H](C[N+](=O)[O-])CC[C@]5(O)C4CC[C@@H]3C2)C(O)[C@@H](O)[C@H]1O. The minimum atomic E-state index is -1.30. The molecule has 4 unspecified atom stereocenters. The molecule has 4 saturated carbocycles. The maximum Gasteiger partial charge on any atom is 0.207 e. The Bertz CT molecular complexity index is 827. The largest absolute Gasteiger partial charge is 0.389 e. The summed E-state index contributed by atoms with van der Waals surface area (Å²) in [6.07, 6.45) is 2.38. The zero-order valence-electron chi connectivity index (χ0n) is 21.2. The lowest BCUT2D eigenvalue weighted by Crippen LogP contribution is -2.63. The normalized spacial score (nSPS) is 56.1. The van der Waals surface area contributed by atoms with Crippen molar-refractivity contribution in [1.82, 2.24) is 0 Å². The van der Waals surface area contributed by atoms with Gasteiger partial charge >= 0.3 is 0 Å². The van der Waals surface area contributed by atoms with Crippen LogP contribution in [-0.4, -0.2) is 74.3 Å². The maximum atomic E-state index is 12.1. The molecule has 0 radical (unpaired) electrons. The van der Waals surface area contributed by atoms with E-state index in [9.17, 15) is 30.5 Å². The van der Waals surface area contributed by atoms with Gasteiger partial charge in [0.25, 0.3) is 0 Å². The van der Waals surface area contributed by atoms with E-state index in [2.05, 4.69) is 13.8 Å². The van der Waals surface area contributed by atoms with Crippen LogP contribution in [0.25, 0.3) is 0 Å². The molecule has 1 heterocycles. The van der Waals surface area contributed by atoms with E-state index in [0.29, 0.717) is 18.3 Å². The lowest BCUT2D eigenvalue weighted by molar-refractivity contribution is -0.492. The lowest BCUT2D eigenvalue weighted by Gasteiger charge is -2.63. The molecule has 13 atom stereocenters. The first-order valence-corrected chi connectivity index (χ1v) is 13.6. The van der Waals surface area contributed by atoms with Crippen molar-refractivity contribution >= 4 is 0 Å². The zero-order chi connectivity index (χ0) is 25.3. The Labute approximate surface area is 207 Å². The molecule has 5 rings (SSSR count). The second kappa shape index (κ2) is 8.88. The molecule has 0 aromatic carbocycles. The van der Waals surface area contributed by atoms with Crippen molar-refractivity contribution in [3.8, 4) is 0 Å². The van der Waals surface area contributed by atoms with Crippen LogP contribution >= 0.6 is 0 Å². The Kier molecular flexibility index (Phi) is 6.54. The van der Waals surface area contributed by atoms with Gasteiger partial charge in [0.05, 0.1) is 17.8 Å². The number of aliphatic hydroxyl groups is 4. The van der Waals surface area contributed by atoms with Gasteiger partial charge in [0.15, 0.2) is 6.29 Å². The minimum absolute atomic E-state index is 0.0471. The van der Waals surface area contributed by atoms with E-state index in [1.165, 1.54) is 0 Å². The number of nitro groups is 1. The smallest absolute Gasteiger partial charge is 0.207 e. The van der Waals surface area contributed by atoms with E-state index in [1.807, 2.05) is 0 Å². The first-order chi connectivity index (χ1) is 16.4. The Morgan fingerprint density at radius 1 is 0.971 bits per heavy atom. The minimum Gasteiger partial charge on any atom is -0.389 e. The monoisotopic (exact) mass is 497 g/mol. The number of aliphatic hydroxyl groups excluding tert-OH is 3. The molecular formula is C26H43NO8. The van der Waals surface area contributed by atoms with E-state index in [0.717, 1.165) is 51.4 Å². The van der Waals surface area contributed by atoms with Gasteiger partial charge in [-0.25, -0.2) is 0 Å². The van der Waals surface area contributed by atoms with Gasteiger partial charge in [0.1, 0.15) is 18.3 Å². The lowest BCUT2D eigenvalue weighted by atomic mass is 9.43. The van der Waals surface area contributed by atoms with Crippen LogP contribution in [0.5, 0.6) is 0 Å². The summed E-state index contributed by atoms with van der Waals surface area (Å²) in [5, 5.41) is 53.9. The highest BCUT2D eigenvalue weighted by atomic mass is 16.7. The molecule has 0 aromatic rings. The van der Waals surface area contributed by atoms with E-state index < -0.39 is 36.3 Å². The van der Waals surface area contributed by atoms with Crippen molar-refractivity contribution in [2.45, 2.75) is 121 Å². The van der Waals surface area contributed by atoms with Crippen molar-refractivity contribution in [3.05, 3.63) is 10.1 Å². The summed E-state index contributed by atoms with van der Waals surface area (Å²) in [7, 11) is 0. The summed E-state index contributed by atoms with van der Waals surface area (Å²) in [5.74, 6) is 0.942. The molecule has 0 spiro atoms. The summed E-state index contributed by atoms with van der Waals surface area (Å²) in [4.78, 5) is 11.1. The highest BCUT2D eigenvalue weighted by Gasteiger charge is 2.68. The van der Waals surface area contributed by atoms with Gasteiger partial charge < -0.3 is 29.9 Å². The third-order valence-corrected chi connectivity index (χ3v) is 11.5. The van der Waals surface area contributed by atoms with Crippen LogP contribution in [-0.2, 0) is 9.47 Å². The van der Waals surface area contributed by atoms with Gasteiger partial charge in [0.2, 0.25) is 6.54 Å². The van der Waals surface area contributed by atoms with Gasteiger partial charge in [-0.05, 0) is 87.9 Å². The molecule has 5 aliphatic rings. The second-order valence-electron chi connectivity index (χ2n) is 12.8. The third-order valence-electron chi connectivity index (χ3n) is 11.5. The Morgan fingerprint density at radius 3 is 2.43 bits per heavy atom. The Balaban J connectivity index is 1.28. The summed E-state index contributed by atoms with van der Waals surface area (Å²) >= 11 is 0. The molecule has 0 bridgehead atoms. The summed E-state index contributed by atoms with van der Waals surface area (Å²) in [6.45, 7) is 6.09. The van der Waals surface area contributed by atoms with Crippen molar-refractivity contribution in [2.75, 3.05) is 6.54 Å². The van der Waals surface area contributed by atoms with Crippen LogP contribution in [0.4, 0.5) is 0 Å². The van der Waals surface area contributed by atoms with Gasteiger partial charge in [-0.3, -0.25) is 10.1 Å². The second-order valence-corrected chi connectivity index (χ2v) is 12.8. The van der Waals surface area contributed by atoms with E-state index in [1.54, 1.807) is 6.92 Å². The molecule has 9 heteroatoms. The first-order valence-electron chi connectivity index (χ1n) is 13.6. The standard InChI is InChI=1S/C26H43NO8/c1-14-20(28)21(29)22(30)23(34-14)35-17-7-9-24(2)15(12-17)4-5-19-18(24)8-10-25(3)16(13-27(32)33)6-11-26(19,25)31/h14-23,28-31H,4-13H2,1-3H3/t14?,15-,16-,17+,18?,19?,20+,21+,22?,23+,24+,25-,26+/m1/s1. The molecule has 0 amide bonds. The van der Waals surface area contributed by atoms with E-state index in [4.69, 9.17) is 9.47 Å². The van der Waals surface area contributed by atoms with Gasteiger partial charge in [0, 0.05) is 16.3 Å². The van der Waals surface area contributed by atoms with Crippen LogP contribution in [0.2, 0.25) is 0 Å². The maximum absolute atomic E-state index is 12.1. The molecule has 0 aromatic heterocycles. The topological polar surface area (TPSA) is 143 Å². The zero-order valence-corrected chi connectivity index (χ0v) is 21.2. The molecule has 9 nitrogen and oxygen atoms in total. The van der Waals surface area contributed by atoms with Gasteiger partial charge in [-0.1, -0.05) is 13.8 Å². The van der Waals surface area contributed by atoms with Crippen molar-refractivity contribution in [3.63, 3.8) is 0 Å². The molecule has 1 saturated heterocycles. The molecule has 4 aliphatic carbocycles.